The summed E-state index contributed by atoms with van der Waals surface area (Å²) in [6.45, 7) is 1.69. The highest BCUT2D eigenvalue weighted by molar-refractivity contribution is 6.32. The summed E-state index contributed by atoms with van der Waals surface area (Å²) in [5, 5.41) is 22.4. The Hall–Kier alpha value is -2.24. The Morgan fingerprint density at radius 3 is 2.57 bits per heavy atom. The van der Waals surface area contributed by atoms with Crippen LogP contribution in [0, 0.1) is 0 Å². The molecule has 0 amide bonds. The summed E-state index contributed by atoms with van der Waals surface area (Å²) >= 11 is 6.22. The molecule has 0 radical (unpaired) electrons. The van der Waals surface area contributed by atoms with Crippen LogP contribution in [0.25, 0.3) is 17.1 Å². The summed E-state index contributed by atoms with van der Waals surface area (Å²) in [5.41, 5.74) is 2.25. The van der Waals surface area contributed by atoms with Gasteiger partial charge in [0.25, 0.3) is 0 Å². The van der Waals surface area contributed by atoms with E-state index in [2.05, 4.69) is 15.4 Å². The van der Waals surface area contributed by atoms with E-state index in [0.717, 1.165) is 11.1 Å². The van der Waals surface area contributed by atoms with Crippen LogP contribution in [0.5, 0.6) is 0 Å². The minimum Gasteiger partial charge on any atom is -0.389 e. The zero-order valence-electron chi connectivity index (χ0n) is 11.3. The molecule has 3 rings (SSSR count). The van der Waals surface area contributed by atoms with Gasteiger partial charge in [-0.25, -0.2) is 0 Å². The van der Waals surface area contributed by atoms with E-state index >= 15 is 0 Å². The first-order chi connectivity index (χ1) is 10.1. The number of rotatable bonds is 3. The van der Waals surface area contributed by atoms with Crippen molar-refractivity contribution >= 4 is 11.6 Å². The van der Waals surface area contributed by atoms with E-state index in [1.165, 1.54) is 4.80 Å². The Bertz CT molecular complexity index is 755. The Morgan fingerprint density at radius 2 is 1.90 bits per heavy atom. The number of tetrazole rings is 1. The van der Waals surface area contributed by atoms with Crippen molar-refractivity contribution < 1.29 is 5.11 Å². The highest BCUT2D eigenvalue weighted by atomic mass is 35.5. The van der Waals surface area contributed by atoms with Crippen LogP contribution in [-0.4, -0.2) is 25.3 Å². The zero-order valence-corrected chi connectivity index (χ0v) is 12.1. The predicted molar refractivity (Wildman–Crippen MR) is 80.2 cm³/mol. The zero-order chi connectivity index (χ0) is 14.8. The van der Waals surface area contributed by atoms with Crippen molar-refractivity contribution in [3.63, 3.8) is 0 Å². The van der Waals surface area contributed by atoms with E-state index in [1.54, 1.807) is 25.1 Å². The van der Waals surface area contributed by atoms with Crippen molar-refractivity contribution in [1.82, 2.24) is 20.2 Å². The predicted octanol–water partition coefficient (Wildman–Crippen LogP) is 3.04. The van der Waals surface area contributed by atoms with Crippen LogP contribution in [0.2, 0.25) is 5.02 Å². The van der Waals surface area contributed by atoms with E-state index in [0.29, 0.717) is 16.5 Å². The molecule has 1 heterocycles. The van der Waals surface area contributed by atoms with Gasteiger partial charge in [0.15, 0.2) is 0 Å². The van der Waals surface area contributed by atoms with Crippen molar-refractivity contribution in [2.24, 2.45) is 0 Å². The van der Waals surface area contributed by atoms with Gasteiger partial charge in [0.1, 0.15) is 5.69 Å². The molecule has 1 atom stereocenters. The van der Waals surface area contributed by atoms with Gasteiger partial charge < -0.3 is 5.11 Å². The summed E-state index contributed by atoms with van der Waals surface area (Å²) in [6, 6.07) is 14.9. The van der Waals surface area contributed by atoms with Crippen molar-refractivity contribution in [3.8, 4) is 17.1 Å². The minimum absolute atomic E-state index is 0.463. The smallest absolute Gasteiger partial charge is 0.205 e. The molecule has 0 bridgehead atoms. The van der Waals surface area contributed by atoms with E-state index in [9.17, 15) is 5.11 Å². The molecular formula is C15H13ClN4O. The van der Waals surface area contributed by atoms with Gasteiger partial charge in [-0.3, -0.25) is 0 Å². The first kappa shape index (κ1) is 13.7. The molecule has 0 aliphatic carbocycles. The minimum atomic E-state index is -0.569. The van der Waals surface area contributed by atoms with Gasteiger partial charge in [0.2, 0.25) is 5.82 Å². The fraction of sp³-hybridized carbons (Fsp3) is 0.133. The molecule has 0 fully saturated rings. The third-order valence-corrected chi connectivity index (χ3v) is 3.42. The lowest BCUT2D eigenvalue weighted by molar-refractivity contribution is 0.199. The second kappa shape index (κ2) is 5.63. The van der Waals surface area contributed by atoms with Crippen LogP contribution in [-0.2, 0) is 0 Å². The summed E-state index contributed by atoms with van der Waals surface area (Å²) < 4.78 is 0. The number of aromatic nitrogens is 4. The molecule has 21 heavy (non-hydrogen) atoms. The van der Waals surface area contributed by atoms with Gasteiger partial charge in [-0.15, -0.1) is 15.0 Å². The number of benzene rings is 2. The van der Waals surface area contributed by atoms with Crippen molar-refractivity contribution in [3.05, 3.63) is 59.1 Å². The van der Waals surface area contributed by atoms with Crippen molar-refractivity contribution in [2.75, 3.05) is 0 Å². The molecule has 0 spiro atoms. The summed E-state index contributed by atoms with van der Waals surface area (Å²) in [6.07, 6.45) is -0.569. The van der Waals surface area contributed by atoms with Crippen LogP contribution in [0.1, 0.15) is 18.6 Å². The molecule has 106 valence electrons. The van der Waals surface area contributed by atoms with Crippen LogP contribution in [0.15, 0.2) is 48.5 Å². The third kappa shape index (κ3) is 2.79. The molecule has 1 aromatic heterocycles. The molecule has 2 aromatic carbocycles. The quantitative estimate of drug-likeness (QED) is 0.807. The first-order valence-corrected chi connectivity index (χ1v) is 6.86. The Morgan fingerprint density at radius 1 is 1.14 bits per heavy atom. The van der Waals surface area contributed by atoms with E-state index in [4.69, 9.17) is 11.6 Å². The number of aliphatic hydroxyl groups is 1. The molecule has 5 nitrogen and oxygen atoms in total. The highest BCUT2D eigenvalue weighted by Gasteiger charge is 2.11. The monoisotopic (exact) mass is 300 g/mol. The Labute approximate surface area is 126 Å². The Balaban J connectivity index is 1.97. The lowest BCUT2D eigenvalue weighted by Gasteiger charge is -2.07. The molecule has 0 saturated heterocycles. The largest absolute Gasteiger partial charge is 0.389 e. The second-order valence-corrected chi connectivity index (χ2v) is 5.06. The molecule has 3 aromatic rings. The van der Waals surface area contributed by atoms with Gasteiger partial charge in [0, 0.05) is 5.56 Å². The number of hydrogen-bond donors (Lipinski definition) is 1. The first-order valence-electron chi connectivity index (χ1n) is 6.48. The highest BCUT2D eigenvalue weighted by Crippen LogP contribution is 2.24. The van der Waals surface area contributed by atoms with E-state index in [1.807, 2.05) is 30.3 Å². The lowest BCUT2D eigenvalue weighted by atomic mass is 10.1. The molecular weight excluding hydrogens is 288 g/mol. The SMILES string of the molecule is CC(O)c1ccc(-n2nnc(-c3ccccc3)n2)c(Cl)c1. The van der Waals surface area contributed by atoms with Gasteiger partial charge >= 0.3 is 0 Å². The molecule has 1 N–H and O–H groups in total. The lowest BCUT2D eigenvalue weighted by Crippen LogP contribution is -2.01. The van der Waals surface area contributed by atoms with Crippen LogP contribution >= 0.6 is 11.6 Å². The normalized spacial score (nSPS) is 12.3. The van der Waals surface area contributed by atoms with Crippen LogP contribution in [0.4, 0.5) is 0 Å². The van der Waals surface area contributed by atoms with Gasteiger partial charge in [0.05, 0.1) is 11.1 Å². The van der Waals surface area contributed by atoms with E-state index < -0.39 is 6.10 Å². The average Bonchev–Trinajstić information content (AvgIpc) is 2.97. The maximum atomic E-state index is 9.55. The molecule has 6 heteroatoms. The maximum Gasteiger partial charge on any atom is 0.205 e. The van der Waals surface area contributed by atoms with Crippen LogP contribution < -0.4 is 0 Å². The number of halogens is 1. The fourth-order valence-corrected chi connectivity index (χ4v) is 2.23. The molecule has 0 saturated carbocycles. The summed E-state index contributed by atoms with van der Waals surface area (Å²) in [7, 11) is 0. The van der Waals surface area contributed by atoms with Gasteiger partial charge in [-0.05, 0) is 29.8 Å². The second-order valence-electron chi connectivity index (χ2n) is 4.66. The number of aliphatic hydroxyl groups excluding tert-OH is 1. The van der Waals surface area contributed by atoms with Gasteiger partial charge in [-0.1, -0.05) is 48.0 Å². The topological polar surface area (TPSA) is 63.8 Å². The molecule has 1 unspecified atom stereocenters. The Kier molecular flexibility index (Phi) is 3.68. The fourth-order valence-electron chi connectivity index (χ4n) is 1.96. The van der Waals surface area contributed by atoms with Crippen LogP contribution in [0.3, 0.4) is 0 Å². The third-order valence-electron chi connectivity index (χ3n) is 3.12. The van der Waals surface area contributed by atoms with Crippen molar-refractivity contribution in [1.29, 1.82) is 0 Å². The molecule has 0 aliphatic heterocycles. The van der Waals surface area contributed by atoms with Gasteiger partial charge in [-0.2, -0.15) is 0 Å². The van der Waals surface area contributed by atoms with Crippen molar-refractivity contribution in [2.45, 2.75) is 13.0 Å². The molecule has 0 aliphatic rings. The number of nitrogens with zero attached hydrogens (tertiary/aromatic N) is 4. The number of hydrogen-bond acceptors (Lipinski definition) is 4. The standard InChI is InChI=1S/C15H13ClN4O/c1-10(21)12-7-8-14(13(16)9-12)20-18-15(17-19-20)11-5-3-2-4-6-11/h2-10,21H,1H3. The average molecular weight is 301 g/mol. The summed E-state index contributed by atoms with van der Waals surface area (Å²) in [5.74, 6) is 0.534. The maximum absolute atomic E-state index is 9.55. The summed E-state index contributed by atoms with van der Waals surface area (Å²) in [4.78, 5) is 1.39. The van der Waals surface area contributed by atoms with E-state index in [-0.39, 0.29) is 0 Å².